The summed E-state index contributed by atoms with van der Waals surface area (Å²) in [6, 6.07) is 0. The predicted molar refractivity (Wildman–Crippen MR) is 115 cm³/mol. The number of hydrogen-bond donors (Lipinski definition) is 1. The van der Waals surface area contributed by atoms with Gasteiger partial charge in [0.2, 0.25) is 5.84 Å². The largest absolute Gasteiger partial charge is 0.544 e. The molecular formula is C23H41N3O2. The van der Waals surface area contributed by atoms with E-state index in [-0.39, 0.29) is 11.0 Å². The van der Waals surface area contributed by atoms with Gasteiger partial charge in [-0.05, 0) is 25.7 Å². The van der Waals surface area contributed by atoms with Crippen LogP contribution in [0.3, 0.4) is 0 Å². The summed E-state index contributed by atoms with van der Waals surface area (Å²) in [4.78, 5) is 15.5. The molecule has 160 valence electrons. The number of nitrogens with zero attached hydrogens (tertiary/aromatic N) is 2. The number of aliphatic carboxylic acids is 1. The Kier molecular flexibility index (Phi) is 13.6. The normalized spacial score (nSPS) is 18.9. The lowest BCUT2D eigenvalue weighted by Gasteiger charge is -2.32. The molecule has 0 aromatic carbocycles. The number of rotatable bonds is 18. The van der Waals surface area contributed by atoms with Gasteiger partial charge in [0.15, 0.2) is 0 Å². The Morgan fingerprint density at radius 1 is 1.04 bits per heavy atom. The van der Waals surface area contributed by atoms with Gasteiger partial charge in [-0.3, -0.25) is 0 Å². The van der Waals surface area contributed by atoms with Gasteiger partial charge >= 0.3 is 0 Å². The number of aliphatic imine (C=N–C) groups is 1. The number of carbonyl (C=O) groups is 1. The summed E-state index contributed by atoms with van der Waals surface area (Å²) in [5.41, 5.74) is 5.68. The Labute approximate surface area is 172 Å². The van der Waals surface area contributed by atoms with Crippen LogP contribution in [0.1, 0.15) is 90.4 Å². The first-order chi connectivity index (χ1) is 13.6. The Balaban J connectivity index is 2.09. The molecule has 5 heteroatoms. The minimum absolute atomic E-state index is 0.0824. The van der Waals surface area contributed by atoms with Gasteiger partial charge in [-0.2, -0.15) is 0 Å². The van der Waals surface area contributed by atoms with Crippen LogP contribution in [0, 0.1) is 0 Å². The second kappa shape index (κ2) is 15.5. The van der Waals surface area contributed by atoms with Crippen molar-refractivity contribution in [1.82, 2.24) is 0 Å². The molecule has 5 nitrogen and oxygen atoms in total. The maximum absolute atomic E-state index is 11.1. The Morgan fingerprint density at radius 3 is 2.25 bits per heavy atom. The minimum atomic E-state index is -1.06. The van der Waals surface area contributed by atoms with Crippen LogP contribution in [0.15, 0.2) is 29.5 Å². The Hall–Kier alpha value is -1.46. The molecule has 0 saturated heterocycles. The number of carbonyl (C=O) groups excluding carboxylic acids is 1. The van der Waals surface area contributed by atoms with Crippen LogP contribution in [0.4, 0.5) is 0 Å². The molecule has 0 aliphatic carbocycles. The second-order valence-corrected chi connectivity index (χ2v) is 7.90. The van der Waals surface area contributed by atoms with Gasteiger partial charge in [0, 0.05) is 13.0 Å². The quantitative estimate of drug-likeness (QED) is 0.217. The number of hydrogen-bond acceptors (Lipinski definition) is 4. The third kappa shape index (κ3) is 10.2. The van der Waals surface area contributed by atoms with Crippen molar-refractivity contribution in [2.75, 3.05) is 19.6 Å². The van der Waals surface area contributed by atoms with E-state index in [2.05, 4.69) is 24.1 Å². The first-order valence-corrected chi connectivity index (χ1v) is 11.3. The standard InChI is InChI=1S/C23H41N3O2/c1-2-3-4-5-6-7-8-9-10-11-12-13-14-15-16-22-25-18-20-26(22,19-17-24)21-23(27)28/h12-13,18,20H,2-11,14-17,19,21,24H2,1H3/b13-12+. The molecule has 1 unspecified atom stereocenters. The van der Waals surface area contributed by atoms with Crippen LogP contribution >= 0.6 is 0 Å². The first-order valence-electron chi connectivity index (χ1n) is 11.3. The Morgan fingerprint density at radius 2 is 1.64 bits per heavy atom. The highest BCUT2D eigenvalue weighted by atomic mass is 16.4. The van der Waals surface area contributed by atoms with E-state index in [9.17, 15) is 9.90 Å². The SMILES string of the molecule is CCCCCCCCCCC/C=C/CCCC1=NC=C[N+]1(CCN)CC(=O)[O-]. The van der Waals surface area contributed by atoms with Gasteiger partial charge in [-0.25, -0.2) is 9.48 Å². The number of carboxylic acids is 1. The van der Waals surface area contributed by atoms with Crippen LogP contribution < -0.4 is 10.8 Å². The fraction of sp³-hybridized carbons (Fsp3) is 0.739. The maximum atomic E-state index is 11.1. The average molecular weight is 392 g/mol. The van der Waals surface area contributed by atoms with Gasteiger partial charge in [0.1, 0.15) is 19.3 Å². The molecule has 0 amide bonds. The smallest absolute Gasteiger partial charge is 0.207 e. The van der Waals surface area contributed by atoms with Crippen molar-refractivity contribution >= 4 is 11.8 Å². The number of amidine groups is 1. The van der Waals surface area contributed by atoms with Crippen LogP contribution in [0.2, 0.25) is 0 Å². The van der Waals surface area contributed by atoms with E-state index in [1.807, 2.05) is 6.20 Å². The van der Waals surface area contributed by atoms with Crippen molar-refractivity contribution in [2.45, 2.75) is 90.4 Å². The van der Waals surface area contributed by atoms with E-state index >= 15 is 0 Å². The van der Waals surface area contributed by atoms with E-state index in [1.54, 1.807) is 6.20 Å². The minimum Gasteiger partial charge on any atom is -0.544 e. The molecular weight excluding hydrogens is 350 g/mol. The zero-order chi connectivity index (χ0) is 20.5. The van der Waals surface area contributed by atoms with Crippen LogP contribution in [0.5, 0.6) is 0 Å². The molecule has 1 aliphatic heterocycles. The van der Waals surface area contributed by atoms with Crippen molar-refractivity contribution in [2.24, 2.45) is 10.7 Å². The third-order valence-electron chi connectivity index (χ3n) is 5.44. The van der Waals surface area contributed by atoms with Crippen LogP contribution in [0.25, 0.3) is 0 Å². The maximum Gasteiger partial charge on any atom is 0.207 e. The lowest BCUT2D eigenvalue weighted by Crippen LogP contribution is -2.55. The van der Waals surface area contributed by atoms with Crippen molar-refractivity contribution in [3.8, 4) is 0 Å². The summed E-state index contributed by atoms with van der Waals surface area (Å²) in [7, 11) is 0. The molecule has 0 saturated carbocycles. The zero-order valence-electron chi connectivity index (χ0n) is 17.9. The molecule has 1 heterocycles. The summed E-state index contributed by atoms with van der Waals surface area (Å²) in [5.74, 6) is -0.171. The summed E-state index contributed by atoms with van der Waals surface area (Å²) in [5, 5.41) is 11.1. The van der Waals surface area contributed by atoms with E-state index in [0.717, 1.165) is 31.5 Å². The molecule has 1 rings (SSSR count). The number of allylic oxidation sites excluding steroid dienone is 2. The highest BCUT2D eigenvalue weighted by Crippen LogP contribution is 2.20. The molecule has 0 spiro atoms. The third-order valence-corrected chi connectivity index (χ3v) is 5.44. The number of quaternary nitrogens is 1. The zero-order valence-corrected chi connectivity index (χ0v) is 17.9. The highest BCUT2D eigenvalue weighted by molar-refractivity contribution is 5.80. The van der Waals surface area contributed by atoms with Gasteiger partial charge in [-0.1, -0.05) is 70.4 Å². The van der Waals surface area contributed by atoms with Crippen molar-refractivity contribution in [1.29, 1.82) is 0 Å². The Bertz CT molecular complexity index is 514. The van der Waals surface area contributed by atoms with E-state index in [1.165, 1.54) is 57.8 Å². The molecule has 1 aliphatic rings. The van der Waals surface area contributed by atoms with Gasteiger partial charge in [0.05, 0.1) is 12.2 Å². The molecule has 0 radical (unpaired) electrons. The second-order valence-electron chi connectivity index (χ2n) is 7.90. The fourth-order valence-electron chi connectivity index (χ4n) is 3.81. The molecule has 28 heavy (non-hydrogen) atoms. The van der Waals surface area contributed by atoms with Gasteiger partial charge in [0.25, 0.3) is 0 Å². The highest BCUT2D eigenvalue weighted by Gasteiger charge is 2.34. The van der Waals surface area contributed by atoms with Crippen molar-refractivity contribution in [3.63, 3.8) is 0 Å². The van der Waals surface area contributed by atoms with Gasteiger partial charge < -0.3 is 15.6 Å². The lowest BCUT2D eigenvalue weighted by atomic mass is 10.1. The molecule has 0 fully saturated rings. The summed E-state index contributed by atoms with van der Waals surface area (Å²) < 4.78 is 0.223. The topological polar surface area (TPSA) is 78.5 Å². The molecule has 0 aromatic rings. The van der Waals surface area contributed by atoms with Crippen LogP contribution in [-0.2, 0) is 4.79 Å². The number of unbranched alkanes of at least 4 members (excludes halogenated alkanes) is 10. The van der Waals surface area contributed by atoms with E-state index in [0.29, 0.717) is 13.1 Å². The first kappa shape index (κ1) is 24.6. The number of carboxylic acid groups (broad SMARTS) is 1. The lowest BCUT2D eigenvalue weighted by molar-refractivity contribution is -0.780. The predicted octanol–water partition coefficient (Wildman–Crippen LogP) is 4.04. The van der Waals surface area contributed by atoms with Crippen molar-refractivity contribution in [3.05, 3.63) is 24.6 Å². The van der Waals surface area contributed by atoms with Crippen molar-refractivity contribution < 1.29 is 14.4 Å². The fourth-order valence-corrected chi connectivity index (χ4v) is 3.81. The monoisotopic (exact) mass is 391 g/mol. The summed E-state index contributed by atoms with van der Waals surface area (Å²) >= 11 is 0. The summed E-state index contributed by atoms with van der Waals surface area (Å²) in [6.45, 7) is 3.16. The van der Waals surface area contributed by atoms with Crippen LogP contribution in [-0.4, -0.2) is 35.9 Å². The average Bonchev–Trinajstić information content (AvgIpc) is 3.03. The molecule has 1 atom stereocenters. The van der Waals surface area contributed by atoms with E-state index < -0.39 is 5.97 Å². The number of nitrogens with two attached hydrogens (primary N) is 1. The summed E-state index contributed by atoms with van der Waals surface area (Å²) in [6.07, 6.45) is 24.3. The molecule has 2 N–H and O–H groups in total. The van der Waals surface area contributed by atoms with Gasteiger partial charge in [-0.15, -0.1) is 0 Å². The van der Waals surface area contributed by atoms with E-state index in [4.69, 9.17) is 5.73 Å². The molecule has 0 aromatic heterocycles. The molecule has 0 bridgehead atoms.